The van der Waals surface area contributed by atoms with Crippen LogP contribution in [0.15, 0.2) is 73.4 Å². The normalized spacial score (nSPS) is 16.3. The van der Waals surface area contributed by atoms with Crippen LogP contribution in [-0.2, 0) is 5.60 Å². The molecule has 5 heteroatoms. The van der Waals surface area contributed by atoms with Crippen molar-refractivity contribution in [3.05, 3.63) is 101 Å². The Hall–Kier alpha value is -3.44. The van der Waals surface area contributed by atoms with Crippen molar-refractivity contribution in [1.82, 2.24) is 9.88 Å². The molecule has 0 radical (unpaired) electrons. The number of hydrogen-bond acceptors (Lipinski definition) is 4. The van der Waals surface area contributed by atoms with Gasteiger partial charge in [-0.3, -0.25) is 9.78 Å². The number of aryl methyl sites for hydroxylation is 1. The van der Waals surface area contributed by atoms with E-state index in [2.05, 4.69) is 11.6 Å². The number of nitrogens with zero attached hydrogens (tertiary/aromatic N) is 2. The summed E-state index contributed by atoms with van der Waals surface area (Å²) >= 11 is 0. The lowest BCUT2D eigenvalue weighted by atomic mass is 9.79. The Labute approximate surface area is 182 Å². The molecule has 0 bridgehead atoms. The fourth-order valence-electron chi connectivity index (χ4n) is 4.53. The van der Waals surface area contributed by atoms with Crippen LogP contribution in [-0.4, -0.2) is 38.6 Å². The number of likely N-dealkylation sites (tertiary alicyclic amines) is 1. The lowest BCUT2D eigenvalue weighted by Gasteiger charge is -2.40. The van der Waals surface area contributed by atoms with Crippen molar-refractivity contribution in [2.24, 2.45) is 0 Å². The number of aromatic hydroxyl groups is 1. The highest BCUT2D eigenvalue weighted by Gasteiger charge is 2.47. The first-order valence-electron chi connectivity index (χ1n) is 10.4. The fourth-order valence-corrected chi connectivity index (χ4v) is 4.53. The minimum atomic E-state index is -1.37. The summed E-state index contributed by atoms with van der Waals surface area (Å²) in [5.41, 5.74) is 1.19. The van der Waals surface area contributed by atoms with Gasteiger partial charge in [0.2, 0.25) is 0 Å². The highest BCUT2D eigenvalue weighted by Crippen LogP contribution is 2.41. The first kappa shape index (κ1) is 20.8. The SMILES string of the molecule is C=Cc1c(C(=O)N2CCC[C@H]2C(O)(c2ccccc2)c2ccccc2)cnc(C)c1O. The van der Waals surface area contributed by atoms with Gasteiger partial charge in [-0.15, -0.1) is 0 Å². The minimum Gasteiger partial charge on any atom is -0.505 e. The Kier molecular flexibility index (Phi) is 5.61. The molecule has 0 aliphatic carbocycles. The summed E-state index contributed by atoms with van der Waals surface area (Å²) in [6.45, 7) is 5.95. The van der Waals surface area contributed by atoms with Crippen molar-refractivity contribution >= 4 is 12.0 Å². The van der Waals surface area contributed by atoms with Crippen LogP contribution in [0.2, 0.25) is 0 Å². The van der Waals surface area contributed by atoms with Gasteiger partial charge in [-0.1, -0.05) is 73.3 Å². The third-order valence-electron chi connectivity index (χ3n) is 6.13. The number of carbonyl (C=O) groups is 1. The van der Waals surface area contributed by atoms with Crippen LogP contribution in [0.4, 0.5) is 0 Å². The predicted molar refractivity (Wildman–Crippen MR) is 121 cm³/mol. The number of carbonyl (C=O) groups excluding carboxylic acids is 1. The van der Waals surface area contributed by atoms with E-state index in [9.17, 15) is 15.0 Å². The topological polar surface area (TPSA) is 73.7 Å². The van der Waals surface area contributed by atoms with E-state index in [0.29, 0.717) is 24.2 Å². The number of amides is 1. The maximum Gasteiger partial charge on any atom is 0.256 e. The number of benzene rings is 2. The van der Waals surface area contributed by atoms with Crippen LogP contribution < -0.4 is 0 Å². The van der Waals surface area contributed by atoms with Gasteiger partial charge in [0.1, 0.15) is 11.4 Å². The molecule has 5 nitrogen and oxygen atoms in total. The highest BCUT2D eigenvalue weighted by atomic mass is 16.3. The van der Waals surface area contributed by atoms with E-state index >= 15 is 0 Å². The predicted octanol–water partition coefficient (Wildman–Crippen LogP) is 4.28. The largest absolute Gasteiger partial charge is 0.505 e. The van der Waals surface area contributed by atoms with E-state index in [-0.39, 0.29) is 17.2 Å². The molecule has 1 fully saturated rings. The molecule has 2 heterocycles. The van der Waals surface area contributed by atoms with Crippen LogP contribution in [0, 0.1) is 6.92 Å². The lowest BCUT2D eigenvalue weighted by molar-refractivity contribution is -0.000756. The molecule has 1 aliphatic heterocycles. The monoisotopic (exact) mass is 414 g/mol. The first-order chi connectivity index (χ1) is 15.0. The second kappa shape index (κ2) is 8.36. The summed E-state index contributed by atoms with van der Waals surface area (Å²) in [5, 5.41) is 22.6. The fraction of sp³-hybridized carbons (Fsp3) is 0.231. The average Bonchev–Trinajstić information content (AvgIpc) is 3.31. The molecule has 1 amide bonds. The van der Waals surface area contributed by atoms with Gasteiger partial charge in [0, 0.05) is 18.3 Å². The molecule has 3 aromatic rings. The molecule has 1 atom stereocenters. The van der Waals surface area contributed by atoms with Crippen molar-refractivity contribution in [3.63, 3.8) is 0 Å². The number of pyridine rings is 1. The molecule has 1 aromatic heterocycles. The Morgan fingerprint density at radius 3 is 2.26 bits per heavy atom. The van der Waals surface area contributed by atoms with Gasteiger partial charge in [0.05, 0.1) is 17.3 Å². The summed E-state index contributed by atoms with van der Waals surface area (Å²) in [6.07, 6.45) is 4.38. The number of hydrogen-bond donors (Lipinski definition) is 2. The van der Waals surface area contributed by atoms with Crippen molar-refractivity contribution in [3.8, 4) is 5.75 Å². The van der Waals surface area contributed by atoms with Gasteiger partial charge >= 0.3 is 0 Å². The molecular formula is C26H26N2O3. The van der Waals surface area contributed by atoms with Gasteiger partial charge < -0.3 is 15.1 Å². The molecule has 0 unspecified atom stereocenters. The van der Waals surface area contributed by atoms with Gasteiger partial charge in [-0.2, -0.15) is 0 Å². The number of rotatable bonds is 5. The van der Waals surface area contributed by atoms with Crippen molar-refractivity contribution in [2.45, 2.75) is 31.4 Å². The van der Waals surface area contributed by atoms with Crippen LogP contribution in [0.3, 0.4) is 0 Å². The smallest absolute Gasteiger partial charge is 0.256 e. The molecular weight excluding hydrogens is 388 g/mol. The number of aromatic nitrogens is 1. The van der Waals surface area contributed by atoms with E-state index in [4.69, 9.17) is 0 Å². The first-order valence-corrected chi connectivity index (χ1v) is 10.4. The standard InChI is InChI=1S/C26H26N2O3/c1-3-21-22(17-27-18(2)24(21)29)25(30)28-16-10-15-23(28)26(31,19-11-6-4-7-12-19)20-13-8-5-9-14-20/h3-9,11-14,17,23,29,31H,1,10,15-16H2,2H3/t23-/m0/s1. The summed E-state index contributed by atoms with van der Waals surface area (Å²) in [6, 6.07) is 18.5. The molecule has 158 valence electrons. The maximum absolute atomic E-state index is 13.6. The number of aliphatic hydroxyl groups is 1. The summed E-state index contributed by atoms with van der Waals surface area (Å²) < 4.78 is 0. The van der Waals surface area contributed by atoms with Gasteiger partial charge in [0.25, 0.3) is 5.91 Å². The van der Waals surface area contributed by atoms with Crippen molar-refractivity contribution < 1.29 is 15.0 Å². The van der Waals surface area contributed by atoms with Gasteiger partial charge in [-0.05, 0) is 30.9 Å². The molecule has 0 spiro atoms. The molecule has 31 heavy (non-hydrogen) atoms. The zero-order valence-corrected chi connectivity index (χ0v) is 17.5. The molecule has 1 saturated heterocycles. The Bertz CT molecular complexity index is 1060. The highest BCUT2D eigenvalue weighted by molar-refractivity contribution is 5.99. The van der Waals surface area contributed by atoms with Crippen molar-refractivity contribution in [2.75, 3.05) is 6.54 Å². The average molecular weight is 415 g/mol. The summed E-state index contributed by atoms with van der Waals surface area (Å²) in [4.78, 5) is 19.5. The Balaban J connectivity index is 1.82. The van der Waals surface area contributed by atoms with Crippen molar-refractivity contribution in [1.29, 1.82) is 0 Å². The Morgan fingerprint density at radius 1 is 1.13 bits per heavy atom. The zero-order valence-electron chi connectivity index (χ0n) is 17.5. The van der Waals surface area contributed by atoms with Gasteiger partial charge in [-0.25, -0.2) is 0 Å². The molecule has 4 rings (SSSR count). The summed E-state index contributed by atoms with van der Waals surface area (Å²) in [5.74, 6) is -0.316. The van der Waals surface area contributed by atoms with Crippen LogP contribution in [0.5, 0.6) is 5.75 Å². The molecule has 0 saturated carbocycles. The van der Waals surface area contributed by atoms with E-state index in [0.717, 1.165) is 17.5 Å². The maximum atomic E-state index is 13.6. The van der Waals surface area contributed by atoms with E-state index < -0.39 is 11.6 Å². The summed E-state index contributed by atoms with van der Waals surface area (Å²) in [7, 11) is 0. The zero-order chi connectivity index (χ0) is 22.0. The third kappa shape index (κ3) is 3.51. The third-order valence-corrected chi connectivity index (χ3v) is 6.13. The Morgan fingerprint density at radius 2 is 1.71 bits per heavy atom. The van der Waals surface area contributed by atoms with Gasteiger partial charge in [0.15, 0.2) is 0 Å². The second-order valence-electron chi connectivity index (χ2n) is 7.88. The molecule has 2 aromatic carbocycles. The van der Waals surface area contributed by atoms with E-state index in [1.165, 1.54) is 12.3 Å². The van der Waals surface area contributed by atoms with Crippen LogP contribution >= 0.6 is 0 Å². The lowest BCUT2D eigenvalue weighted by Crippen LogP contribution is -2.50. The van der Waals surface area contributed by atoms with Crippen LogP contribution in [0.25, 0.3) is 6.08 Å². The molecule has 2 N–H and O–H groups in total. The second-order valence-corrected chi connectivity index (χ2v) is 7.88. The minimum absolute atomic E-state index is 0.0435. The quantitative estimate of drug-likeness (QED) is 0.654. The van der Waals surface area contributed by atoms with E-state index in [1.807, 2.05) is 60.7 Å². The molecule has 1 aliphatic rings. The van der Waals surface area contributed by atoms with E-state index in [1.54, 1.807) is 11.8 Å². The van der Waals surface area contributed by atoms with Crippen LogP contribution in [0.1, 0.15) is 45.6 Å².